The van der Waals surface area contributed by atoms with Gasteiger partial charge in [-0.1, -0.05) is 40.9 Å². The lowest BCUT2D eigenvalue weighted by molar-refractivity contribution is 0.102. The van der Waals surface area contributed by atoms with Gasteiger partial charge in [-0.15, -0.1) is 0 Å². The Balaban J connectivity index is 1.71. The second-order valence-electron chi connectivity index (χ2n) is 5.85. The SMILES string of the molecule is Cc1ccc(Nc2ncc(C(=O)Nc3cc(Cl)cc(Cl)c3)cn2)c(C)c1. The monoisotopic (exact) mass is 386 g/mol. The van der Waals surface area contributed by atoms with E-state index in [1.165, 1.54) is 18.0 Å². The van der Waals surface area contributed by atoms with Gasteiger partial charge in [0.2, 0.25) is 5.95 Å². The van der Waals surface area contributed by atoms with Crippen LogP contribution in [-0.2, 0) is 0 Å². The maximum Gasteiger partial charge on any atom is 0.258 e. The molecule has 0 atom stereocenters. The number of carbonyl (C=O) groups is 1. The van der Waals surface area contributed by atoms with Crippen molar-refractivity contribution in [2.75, 3.05) is 10.6 Å². The van der Waals surface area contributed by atoms with Gasteiger partial charge in [0.1, 0.15) is 0 Å². The van der Waals surface area contributed by atoms with Crippen LogP contribution in [0.4, 0.5) is 17.3 Å². The Morgan fingerprint density at radius 2 is 1.62 bits per heavy atom. The van der Waals surface area contributed by atoms with Gasteiger partial charge in [-0.05, 0) is 43.7 Å². The predicted octanol–water partition coefficient (Wildman–Crippen LogP) is 5.40. The molecule has 5 nitrogen and oxygen atoms in total. The Labute approximate surface area is 161 Å². The molecule has 0 aliphatic heterocycles. The first-order chi connectivity index (χ1) is 12.4. The van der Waals surface area contributed by atoms with Crippen LogP contribution in [0.2, 0.25) is 10.0 Å². The number of aryl methyl sites for hydroxylation is 2. The molecule has 0 aliphatic carbocycles. The largest absolute Gasteiger partial charge is 0.324 e. The topological polar surface area (TPSA) is 66.9 Å². The van der Waals surface area contributed by atoms with Crippen LogP contribution in [0.15, 0.2) is 48.8 Å². The molecule has 0 saturated heterocycles. The highest BCUT2D eigenvalue weighted by molar-refractivity contribution is 6.35. The van der Waals surface area contributed by atoms with Crippen LogP contribution >= 0.6 is 23.2 Å². The van der Waals surface area contributed by atoms with E-state index >= 15 is 0 Å². The lowest BCUT2D eigenvalue weighted by atomic mass is 10.1. The summed E-state index contributed by atoms with van der Waals surface area (Å²) >= 11 is 11.9. The molecule has 26 heavy (non-hydrogen) atoms. The first-order valence-corrected chi connectivity index (χ1v) is 8.60. The Morgan fingerprint density at radius 1 is 0.962 bits per heavy atom. The molecule has 3 rings (SSSR count). The molecule has 2 N–H and O–H groups in total. The van der Waals surface area contributed by atoms with E-state index in [-0.39, 0.29) is 5.91 Å². The molecule has 3 aromatic rings. The van der Waals surface area contributed by atoms with Crippen LogP contribution in [0.3, 0.4) is 0 Å². The summed E-state index contributed by atoms with van der Waals surface area (Å²) in [5, 5.41) is 6.74. The third-order valence-corrected chi connectivity index (χ3v) is 4.10. The first-order valence-electron chi connectivity index (χ1n) is 7.84. The number of amides is 1. The van der Waals surface area contributed by atoms with Crippen molar-refractivity contribution < 1.29 is 4.79 Å². The third-order valence-electron chi connectivity index (χ3n) is 3.66. The van der Waals surface area contributed by atoms with Crippen molar-refractivity contribution in [2.45, 2.75) is 13.8 Å². The molecular weight excluding hydrogens is 371 g/mol. The molecule has 0 fully saturated rings. The van der Waals surface area contributed by atoms with Gasteiger partial charge in [-0.3, -0.25) is 4.79 Å². The minimum absolute atomic E-state index is 0.326. The van der Waals surface area contributed by atoms with Gasteiger partial charge >= 0.3 is 0 Å². The molecule has 0 aliphatic rings. The van der Waals surface area contributed by atoms with Crippen molar-refractivity contribution in [3.63, 3.8) is 0 Å². The highest BCUT2D eigenvalue weighted by atomic mass is 35.5. The maximum atomic E-state index is 12.3. The van der Waals surface area contributed by atoms with Crippen molar-refractivity contribution in [1.82, 2.24) is 9.97 Å². The average Bonchev–Trinajstić information content (AvgIpc) is 2.57. The van der Waals surface area contributed by atoms with Crippen LogP contribution in [0.1, 0.15) is 21.5 Å². The molecule has 2 aromatic carbocycles. The summed E-state index contributed by atoms with van der Waals surface area (Å²) < 4.78 is 0. The number of nitrogens with one attached hydrogen (secondary N) is 2. The number of rotatable bonds is 4. The molecule has 0 bridgehead atoms. The van der Waals surface area contributed by atoms with Gasteiger partial charge in [0, 0.05) is 33.8 Å². The zero-order valence-electron chi connectivity index (χ0n) is 14.2. The second-order valence-corrected chi connectivity index (χ2v) is 6.72. The van der Waals surface area contributed by atoms with E-state index < -0.39 is 0 Å². The summed E-state index contributed by atoms with van der Waals surface area (Å²) in [7, 11) is 0. The molecule has 1 aromatic heterocycles. The number of hydrogen-bond donors (Lipinski definition) is 2. The summed E-state index contributed by atoms with van der Waals surface area (Å²) in [4.78, 5) is 20.7. The molecular formula is C19H16Cl2N4O. The number of hydrogen-bond acceptors (Lipinski definition) is 4. The third kappa shape index (κ3) is 4.50. The number of aromatic nitrogens is 2. The van der Waals surface area contributed by atoms with Crippen LogP contribution in [0, 0.1) is 13.8 Å². The van der Waals surface area contributed by atoms with Crippen LogP contribution < -0.4 is 10.6 Å². The van der Waals surface area contributed by atoms with E-state index in [1.54, 1.807) is 18.2 Å². The summed E-state index contributed by atoms with van der Waals surface area (Å²) in [5.41, 5.74) is 4.02. The van der Waals surface area contributed by atoms with Gasteiger partial charge in [-0.25, -0.2) is 9.97 Å². The summed E-state index contributed by atoms with van der Waals surface area (Å²) in [6.07, 6.45) is 2.92. The Hall–Kier alpha value is -2.63. The Morgan fingerprint density at radius 3 is 2.23 bits per heavy atom. The minimum atomic E-state index is -0.346. The zero-order valence-corrected chi connectivity index (χ0v) is 15.7. The van der Waals surface area contributed by atoms with Crippen molar-refractivity contribution in [3.05, 3.63) is 75.5 Å². The number of benzene rings is 2. The highest BCUT2D eigenvalue weighted by Crippen LogP contribution is 2.23. The summed E-state index contributed by atoms with van der Waals surface area (Å²) in [6.45, 7) is 4.04. The first kappa shape index (κ1) is 18.2. The van der Waals surface area contributed by atoms with E-state index in [4.69, 9.17) is 23.2 Å². The van der Waals surface area contributed by atoms with Crippen molar-refractivity contribution in [3.8, 4) is 0 Å². The fourth-order valence-electron chi connectivity index (χ4n) is 2.41. The summed E-state index contributed by atoms with van der Waals surface area (Å²) in [5.74, 6) is 0.0701. The number of carbonyl (C=O) groups excluding carboxylic acids is 1. The lowest BCUT2D eigenvalue weighted by Gasteiger charge is -2.09. The van der Waals surface area contributed by atoms with Crippen molar-refractivity contribution in [1.29, 1.82) is 0 Å². The van der Waals surface area contributed by atoms with Gasteiger partial charge in [-0.2, -0.15) is 0 Å². The minimum Gasteiger partial charge on any atom is -0.324 e. The summed E-state index contributed by atoms with van der Waals surface area (Å²) in [6, 6.07) is 10.9. The van der Waals surface area contributed by atoms with Crippen LogP contribution in [0.5, 0.6) is 0 Å². The smallest absolute Gasteiger partial charge is 0.258 e. The van der Waals surface area contributed by atoms with E-state index in [1.807, 2.05) is 26.0 Å². The van der Waals surface area contributed by atoms with E-state index in [9.17, 15) is 4.79 Å². The number of nitrogens with zero attached hydrogens (tertiary/aromatic N) is 2. The molecule has 0 radical (unpaired) electrons. The Kier molecular flexibility index (Phi) is 5.40. The average molecular weight is 387 g/mol. The van der Waals surface area contributed by atoms with E-state index in [0.29, 0.717) is 27.2 Å². The molecule has 132 valence electrons. The standard InChI is InChI=1S/C19H16Cl2N4O/c1-11-3-4-17(12(2)5-11)25-19-22-9-13(10-23-19)18(26)24-16-7-14(20)6-15(21)8-16/h3-10H,1-2H3,(H,24,26)(H,22,23,25). The van der Waals surface area contributed by atoms with Crippen LogP contribution in [0.25, 0.3) is 0 Å². The van der Waals surface area contributed by atoms with Crippen molar-refractivity contribution in [2.24, 2.45) is 0 Å². The molecule has 1 heterocycles. The number of halogens is 2. The molecule has 0 saturated carbocycles. The quantitative estimate of drug-likeness (QED) is 0.629. The molecule has 7 heteroatoms. The maximum absolute atomic E-state index is 12.3. The normalized spacial score (nSPS) is 10.5. The second kappa shape index (κ2) is 7.72. The number of anilines is 3. The van der Waals surface area contributed by atoms with E-state index in [0.717, 1.165) is 11.3 Å². The zero-order chi connectivity index (χ0) is 18.7. The fraction of sp³-hybridized carbons (Fsp3) is 0.105. The fourth-order valence-corrected chi connectivity index (χ4v) is 2.94. The van der Waals surface area contributed by atoms with E-state index in [2.05, 4.69) is 26.7 Å². The predicted molar refractivity (Wildman–Crippen MR) is 106 cm³/mol. The molecule has 0 unspecified atom stereocenters. The van der Waals surface area contributed by atoms with Gasteiger partial charge in [0.15, 0.2) is 0 Å². The van der Waals surface area contributed by atoms with Crippen LogP contribution in [-0.4, -0.2) is 15.9 Å². The molecule has 1 amide bonds. The highest BCUT2D eigenvalue weighted by Gasteiger charge is 2.09. The Bertz CT molecular complexity index is 938. The van der Waals surface area contributed by atoms with Crippen molar-refractivity contribution >= 4 is 46.4 Å². The van der Waals surface area contributed by atoms with Gasteiger partial charge in [0.05, 0.1) is 5.56 Å². The molecule has 0 spiro atoms. The lowest BCUT2D eigenvalue weighted by Crippen LogP contribution is -2.13. The van der Waals surface area contributed by atoms with Gasteiger partial charge in [0.25, 0.3) is 5.91 Å². The van der Waals surface area contributed by atoms with Gasteiger partial charge < -0.3 is 10.6 Å².